The molecule has 4 nitrogen and oxygen atoms in total. The summed E-state index contributed by atoms with van der Waals surface area (Å²) >= 11 is 6.39. The van der Waals surface area contributed by atoms with Crippen molar-refractivity contribution in [3.63, 3.8) is 0 Å². The average molecular weight is 476 g/mol. The van der Waals surface area contributed by atoms with Crippen LogP contribution in [0, 0.1) is 12.7 Å². The molecule has 0 radical (unpaired) electrons. The molecular weight excluding hydrogens is 453 g/mol. The molecule has 0 saturated carbocycles. The standard InChI is InChI=1S/C28H23ClFNO3/c1-15-5-11-19(14-21(15)29)31-24(16-6-8-17(9-7-16)28(2,3)4)23-25(32)20-13-18(30)10-12-22(20)34-26(23)27(31)33/h5-14,24H,1-4H3. The Morgan fingerprint density at radius 2 is 1.68 bits per heavy atom. The van der Waals surface area contributed by atoms with Crippen LogP contribution in [0.25, 0.3) is 11.0 Å². The lowest BCUT2D eigenvalue weighted by Crippen LogP contribution is -2.29. The minimum atomic E-state index is -0.737. The van der Waals surface area contributed by atoms with Crippen molar-refractivity contribution in [1.82, 2.24) is 0 Å². The molecule has 1 unspecified atom stereocenters. The first-order valence-corrected chi connectivity index (χ1v) is 11.4. The second-order valence-corrected chi connectivity index (χ2v) is 10.1. The Morgan fingerprint density at radius 3 is 2.32 bits per heavy atom. The first kappa shape index (κ1) is 22.4. The van der Waals surface area contributed by atoms with E-state index in [4.69, 9.17) is 16.0 Å². The summed E-state index contributed by atoms with van der Waals surface area (Å²) in [5, 5.41) is 0.612. The third-order valence-electron chi connectivity index (χ3n) is 6.36. The number of benzene rings is 3. The van der Waals surface area contributed by atoms with Crippen LogP contribution >= 0.6 is 11.6 Å². The number of hydrogen-bond acceptors (Lipinski definition) is 3. The zero-order chi connectivity index (χ0) is 24.4. The lowest BCUT2D eigenvalue weighted by molar-refractivity contribution is 0.0971. The van der Waals surface area contributed by atoms with Gasteiger partial charge in [-0.25, -0.2) is 4.39 Å². The highest BCUT2D eigenvalue weighted by molar-refractivity contribution is 6.31. The van der Waals surface area contributed by atoms with E-state index in [1.54, 1.807) is 12.1 Å². The van der Waals surface area contributed by atoms with Gasteiger partial charge in [0.05, 0.1) is 17.0 Å². The lowest BCUT2D eigenvalue weighted by Gasteiger charge is -2.26. The van der Waals surface area contributed by atoms with Crippen LogP contribution in [0.2, 0.25) is 5.02 Å². The molecule has 1 amide bonds. The Hall–Kier alpha value is -3.44. The molecule has 2 heterocycles. The van der Waals surface area contributed by atoms with E-state index in [2.05, 4.69) is 20.8 Å². The van der Waals surface area contributed by atoms with Crippen molar-refractivity contribution in [1.29, 1.82) is 0 Å². The summed E-state index contributed by atoms with van der Waals surface area (Å²) in [7, 11) is 0. The monoisotopic (exact) mass is 475 g/mol. The molecule has 172 valence electrons. The third kappa shape index (κ3) is 3.51. The van der Waals surface area contributed by atoms with E-state index in [1.165, 1.54) is 17.0 Å². The Bertz CT molecular complexity index is 1520. The number of hydrogen-bond donors (Lipinski definition) is 0. The van der Waals surface area contributed by atoms with Crippen molar-refractivity contribution in [3.05, 3.63) is 110 Å². The molecule has 5 rings (SSSR count). The van der Waals surface area contributed by atoms with Gasteiger partial charge in [0.1, 0.15) is 11.4 Å². The normalized spacial score (nSPS) is 15.8. The van der Waals surface area contributed by atoms with E-state index in [1.807, 2.05) is 37.3 Å². The smallest absolute Gasteiger partial charge is 0.295 e. The first-order chi connectivity index (χ1) is 16.1. The van der Waals surface area contributed by atoms with Crippen molar-refractivity contribution in [2.45, 2.75) is 39.2 Å². The van der Waals surface area contributed by atoms with Gasteiger partial charge in [-0.3, -0.25) is 14.5 Å². The summed E-state index contributed by atoms with van der Waals surface area (Å²) in [5.41, 5.74) is 3.18. The van der Waals surface area contributed by atoms with Gasteiger partial charge < -0.3 is 4.42 Å². The highest BCUT2D eigenvalue weighted by Crippen LogP contribution is 2.42. The minimum Gasteiger partial charge on any atom is -0.450 e. The maximum Gasteiger partial charge on any atom is 0.295 e. The van der Waals surface area contributed by atoms with E-state index in [9.17, 15) is 14.0 Å². The molecule has 0 spiro atoms. The van der Waals surface area contributed by atoms with Gasteiger partial charge in [-0.2, -0.15) is 0 Å². The highest BCUT2D eigenvalue weighted by atomic mass is 35.5. The van der Waals surface area contributed by atoms with Crippen LogP contribution in [0.3, 0.4) is 0 Å². The van der Waals surface area contributed by atoms with Gasteiger partial charge in [0.25, 0.3) is 5.91 Å². The molecule has 0 saturated heterocycles. The molecule has 1 atom stereocenters. The zero-order valence-corrected chi connectivity index (χ0v) is 20.0. The summed E-state index contributed by atoms with van der Waals surface area (Å²) in [6.45, 7) is 8.23. The molecular formula is C28H23ClFNO3. The Morgan fingerprint density at radius 1 is 0.971 bits per heavy atom. The van der Waals surface area contributed by atoms with Gasteiger partial charge in [0.15, 0.2) is 5.43 Å². The molecule has 0 fully saturated rings. The first-order valence-electron chi connectivity index (χ1n) is 11.0. The van der Waals surface area contributed by atoms with E-state index >= 15 is 0 Å². The van der Waals surface area contributed by atoms with Gasteiger partial charge >= 0.3 is 0 Å². The number of anilines is 1. The molecule has 0 bridgehead atoms. The molecule has 0 aliphatic carbocycles. The quantitative estimate of drug-likeness (QED) is 0.315. The molecule has 1 aromatic heterocycles. The second-order valence-electron chi connectivity index (χ2n) is 9.70. The predicted octanol–water partition coefficient (Wildman–Crippen LogP) is 6.94. The molecule has 3 aromatic carbocycles. The van der Waals surface area contributed by atoms with Crippen molar-refractivity contribution < 1.29 is 13.6 Å². The van der Waals surface area contributed by atoms with Gasteiger partial charge in [0.2, 0.25) is 5.76 Å². The maximum absolute atomic E-state index is 14.0. The number of aryl methyl sites for hydroxylation is 1. The van der Waals surface area contributed by atoms with Crippen LogP contribution in [0.5, 0.6) is 0 Å². The number of amides is 1. The Labute approximate surface area is 201 Å². The van der Waals surface area contributed by atoms with Crippen LogP contribution in [0.4, 0.5) is 10.1 Å². The van der Waals surface area contributed by atoms with Crippen molar-refractivity contribution >= 4 is 34.2 Å². The van der Waals surface area contributed by atoms with Crippen LogP contribution in [0.15, 0.2) is 69.9 Å². The number of nitrogens with zero attached hydrogens (tertiary/aromatic N) is 1. The van der Waals surface area contributed by atoms with E-state index in [-0.39, 0.29) is 27.7 Å². The SMILES string of the molecule is Cc1ccc(N2C(=O)c3oc4ccc(F)cc4c(=O)c3C2c2ccc(C(C)(C)C)cc2)cc1Cl. The number of fused-ring (bicyclic) bond motifs is 2. The molecule has 34 heavy (non-hydrogen) atoms. The van der Waals surface area contributed by atoms with Crippen LogP contribution in [0.1, 0.15) is 59.6 Å². The second kappa shape index (κ2) is 7.81. The zero-order valence-electron chi connectivity index (χ0n) is 19.3. The summed E-state index contributed by atoms with van der Waals surface area (Å²) in [6.07, 6.45) is 0. The number of carbonyl (C=O) groups is 1. The van der Waals surface area contributed by atoms with Crippen molar-refractivity contribution in [2.75, 3.05) is 4.90 Å². The fourth-order valence-corrected chi connectivity index (χ4v) is 4.60. The highest BCUT2D eigenvalue weighted by Gasteiger charge is 2.43. The van der Waals surface area contributed by atoms with E-state index < -0.39 is 23.2 Å². The number of rotatable bonds is 2. The summed E-state index contributed by atoms with van der Waals surface area (Å²) in [4.78, 5) is 28.8. The fraction of sp³-hybridized carbons (Fsp3) is 0.214. The van der Waals surface area contributed by atoms with Crippen LogP contribution in [-0.2, 0) is 5.41 Å². The van der Waals surface area contributed by atoms with Crippen molar-refractivity contribution in [3.8, 4) is 0 Å². The largest absolute Gasteiger partial charge is 0.450 e. The molecule has 1 aliphatic heterocycles. The van der Waals surface area contributed by atoms with Gasteiger partial charge in [-0.1, -0.05) is 62.7 Å². The Balaban J connectivity index is 1.78. The third-order valence-corrected chi connectivity index (χ3v) is 6.77. The number of carbonyl (C=O) groups excluding carboxylic acids is 1. The topological polar surface area (TPSA) is 50.5 Å². The van der Waals surface area contributed by atoms with Gasteiger partial charge in [0, 0.05) is 10.7 Å². The average Bonchev–Trinajstić information content (AvgIpc) is 3.08. The summed E-state index contributed by atoms with van der Waals surface area (Å²) in [6, 6.07) is 16.2. The maximum atomic E-state index is 14.0. The van der Waals surface area contributed by atoms with E-state index in [0.717, 1.165) is 22.8 Å². The fourth-order valence-electron chi connectivity index (χ4n) is 4.42. The van der Waals surface area contributed by atoms with Crippen LogP contribution < -0.4 is 10.3 Å². The summed E-state index contributed by atoms with van der Waals surface area (Å²) in [5.74, 6) is -1.02. The van der Waals surface area contributed by atoms with Gasteiger partial charge in [-0.05, 0) is 59.4 Å². The predicted molar refractivity (Wildman–Crippen MR) is 132 cm³/mol. The molecule has 1 aliphatic rings. The van der Waals surface area contributed by atoms with E-state index in [0.29, 0.717) is 10.7 Å². The molecule has 0 N–H and O–H groups in total. The minimum absolute atomic E-state index is 0.0364. The number of halogens is 2. The lowest BCUT2D eigenvalue weighted by atomic mass is 9.86. The Kier molecular flexibility index (Phi) is 5.14. The van der Waals surface area contributed by atoms with Crippen LogP contribution in [-0.4, -0.2) is 5.91 Å². The molecule has 4 aromatic rings. The molecule has 6 heteroatoms. The van der Waals surface area contributed by atoms with Gasteiger partial charge in [-0.15, -0.1) is 0 Å². The summed E-state index contributed by atoms with van der Waals surface area (Å²) < 4.78 is 19.9. The van der Waals surface area contributed by atoms with Crippen molar-refractivity contribution in [2.24, 2.45) is 0 Å².